The molecule has 0 aromatic heterocycles. The summed E-state index contributed by atoms with van der Waals surface area (Å²) in [5, 5.41) is 8.81. The number of hydrogen-bond donors (Lipinski definition) is 1. The average Bonchev–Trinajstić information content (AvgIpc) is 3.18. The van der Waals surface area contributed by atoms with Crippen molar-refractivity contribution in [3.63, 3.8) is 0 Å². The van der Waals surface area contributed by atoms with Crippen molar-refractivity contribution in [1.82, 2.24) is 9.80 Å². The lowest BCUT2D eigenvalue weighted by molar-refractivity contribution is 0.0967. The summed E-state index contributed by atoms with van der Waals surface area (Å²) in [5.74, 6) is 3.35. The van der Waals surface area contributed by atoms with E-state index in [1.165, 1.54) is 64.0 Å². The molecule has 3 fully saturated rings. The fourth-order valence-corrected chi connectivity index (χ4v) is 5.02. The van der Waals surface area contributed by atoms with Crippen LogP contribution in [0.3, 0.4) is 0 Å². The Hall–Kier alpha value is -1.14. The Morgan fingerprint density at radius 1 is 0.929 bits per heavy atom. The van der Waals surface area contributed by atoms with Crippen molar-refractivity contribution < 1.29 is 14.6 Å². The van der Waals surface area contributed by atoms with Gasteiger partial charge >= 0.3 is 0 Å². The lowest BCUT2D eigenvalue weighted by atomic mass is 10.1. The number of aliphatic hydroxyl groups excluding tert-OH is 1. The molecule has 0 spiro atoms. The zero-order chi connectivity index (χ0) is 19.2. The SMILES string of the molecule is OCCOc1ccc(CN2C[C@@H]3[C@@H](COCCCN4CCCCC4)[C@@H]3C2)cc1. The molecule has 2 saturated heterocycles. The van der Waals surface area contributed by atoms with Crippen LogP contribution in [0.25, 0.3) is 0 Å². The van der Waals surface area contributed by atoms with Crippen LogP contribution >= 0.6 is 0 Å². The number of likely N-dealkylation sites (tertiary alicyclic amines) is 2. The molecule has 1 aromatic carbocycles. The molecule has 2 heterocycles. The van der Waals surface area contributed by atoms with Gasteiger partial charge in [0.25, 0.3) is 0 Å². The van der Waals surface area contributed by atoms with Crippen molar-refractivity contribution in [2.45, 2.75) is 32.2 Å². The maximum Gasteiger partial charge on any atom is 0.119 e. The molecule has 5 nitrogen and oxygen atoms in total. The minimum Gasteiger partial charge on any atom is -0.491 e. The van der Waals surface area contributed by atoms with E-state index in [1.807, 2.05) is 12.1 Å². The number of nitrogens with zero attached hydrogens (tertiary/aromatic N) is 2. The highest BCUT2D eigenvalue weighted by atomic mass is 16.5. The normalized spacial score (nSPS) is 27.7. The summed E-state index contributed by atoms with van der Waals surface area (Å²) in [4.78, 5) is 5.17. The predicted octanol–water partition coefficient (Wildman–Crippen LogP) is 2.63. The molecule has 0 bridgehead atoms. The van der Waals surface area contributed by atoms with Crippen molar-refractivity contribution >= 4 is 0 Å². The van der Waals surface area contributed by atoms with E-state index in [0.29, 0.717) is 6.61 Å². The number of aliphatic hydroxyl groups is 1. The van der Waals surface area contributed by atoms with Gasteiger partial charge in [0, 0.05) is 32.8 Å². The number of rotatable bonds is 11. The van der Waals surface area contributed by atoms with Gasteiger partial charge in [-0.2, -0.15) is 0 Å². The van der Waals surface area contributed by atoms with Gasteiger partial charge in [-0.3, -0.25) is 4.90 Å². The third-order valence-electron chi connectivity index (χ3n) is 6.66. The fraction of sp³-hybridized carbons (Fsp3) is 0.739. The predicted molar refractivity (Wildman–Crippen MR) is 110 cm³/mol. The molecule has 0 unspecified atom stereocenters. The first-order chi connectivity index (χ1) is 13.8. The van der Waals surface area contributed by atoms with Gasteiger partial charge in [-0.15, -0.1) is 0 Å². The second-order valence-corrected chi connectivity index (χ2v) is 8.73. The van der Waals surface area contributed by atoms with E-state index in [9.17, 15) is 0 Å². The zero-order valence-electron chi connectivity index (χ0n) is 17.1. The Morgan fingerprint density at radius 3 is 2.39 bits per heavy atom. The largest absolute Gasteiger partial charge is 0.491 e. The van der Waals surface area contributed by atoms with Crippen LogP contribution in [0, 0.1) is 17.8 Å². The van der Waals surface area contributed by atoms with E-state index in [4.69, 9.17) is 14.6 Å². The van der Waals surface area contributed by atoms with Crippen LogP contribution in [0.4, 0.5) is 0 Å². The molecular weight excluding hydrogens is 352 g/mol. The molecule has 0 amide bonds. The van der Waals surface area contributed by atoms with E-state index >= 15 is 0 Å². The van der Waals surface area contributed by atoms with Crippen molar-refractivity contribution in [3.8, 4) is 5.75 Å². The summed E-state index contributed by atoms with van der Waals surface area (Å²) >= 11 is 0. The quantitative estimate of drug-likeness (QED) is 0.591. The van der Waals surface area contributed by atoms with Gasteiger partial charge in [0.15, 0.2) is 0 Å². The van der Waals surface area contributed by atoms with Gasteiger partial charge in [-0.1, -0.05) is 18.6 Å². The summed E-state index contributed by atoms with van der Waals surface area (Å²) in [6, 6.07) is 8.28. The average molecular weight is 389 g/mol. The standard InChI is InChI=1S/C23H36N2O3/c26-12-14-28-20-7-5-19(6-8-20)15-25-16-21-22(17-25)23(21)18-27-13-4-11-24-9-2-1-3-10-24/h5-8,21-23,26H,1-4,9-18H2/t21-,22+,23+. The Bertz CT molecular complexity index is 576. The number of benzene rings is 1. The van der Waals surface area contributed by atoms with Crippen LogP contribution in [-0.2, 0) is 11.3 Å². The lowest BCUT2D eigenvalue weighted by Crippen LogP contribution is -2.31. The molecule has 5 heteroatoms. The Morgan fingerprint density at radius 2 is 1.68 bits per heavy atom. The van der Waals surface area contributed by atoms with Gasteiger partial charge in [-0.25, -0.2) is 0 Å². The summed E-state index contributed by atoms with van der Waals surface area (Å²) in [6.07, 6.45) is 5.36. The second kappa shape index (κ2) is 10.1. The Kier molecular flexibility index (Phi) is 7.24. The van der Waals surface area contributed by atoms with Crippen LogP contribution in [-0.4, -0.2) is 74.1 Å². The third kappa shape index (κ3) is 5.47. The smallest absolute Gasteiger partial charge is 0.119 e. The lowest BCUT2D eigenvalue weighted by Gasteiger charge is -2.26. The van der Waals surface area contributed by atoms with E-state index in [0.717, 1.165) is 43.3 Å². The third-order valence-corrected chi connectivity index (χ3v) is 6.66. The van der Waals surface area contributed by atoms with Crippen molar-refractivity contribution in [2.24, 2.45) is 17.8 Å². The highest BCUT2D eigenvalue weighted by molar-refractivity contribution is 5.27. The molecule has 156 valence electrons. The van der Waals surface area contributed by atoms with E-state index < -0.39 is 0 Å². The molecule has 3 atom stereocenters. The molecular formula is C23H36N2O3. The zero-order valence-corrected chi connectivity index (χ0v) is 17.1. The highest BCUT2D eigenvalue weighted by Gasteiger charge is 2.55. The van der Waals surface area contributed by atoms with Gasteiger partial charge in [0.1, 0.15) is 12.4 Å². The van der Waals surface area contributed by atoms with Crippen LogP contribution in [0.1, 0.15) is 31.2 Å². The first-order valence-electron chi connectivity index (χ1n) is 11.2. The summed E-state index contributed by atoms with van der Waals surface area (Å²) < 4.78 is 11.4. The molecule has 2 aliphatic heterocycles. The second-order valence-electron chi connectivity index (χ2n) is 8.73. The molecule has 1 N–H and O–H groups in total. The molecule has 4 rings (SSSR count). The minimum atomic E-state index is 0.0572. The summed E-state index contributed by atoms with van der Waals surface area (Å²) in [5.41, 5.74) is 1.34. The monoisotopic (exact) mass is 388 g/mol. The summed E-state index contributed by atoms with van der Waals surface area (Å²) in [7, 11) is 0. The minimum absolute atomic E-state index is 0.0572. The van der Waals surface area contributed by atoms with E-state index in [-0.39, 0.29) is 6.61 Å². The molecule has 0 radical (unpaired) electrons. The Balaban J connectivity index is 1.07. The number of hydrogen-bond acceptors (Lipinski definition) is 5. The fourth-order valence-electron chi connectivity index (χ4n) is 5.02. The number of ether oxygens (including phenoxy) is 2. The van der Waals surface area contributed by atoms with Crippen LogP contribution in [0.2, 0.25) is 0 Å². The van der Waals surface area contributed by atoms with Crippen molar-refractivity contribution in [1.29, 1.82) is 0 Å². The molecule has 1 aliphatic carbocycles. The van der Waals surface area contributed by atoms with Gasteiger partial charge < -0.3 is 19.5 Å². The van der Waals surface area contributed by atoms with Crippen LogP contribution in [0.5, 0.6) is 5.75 Å². The number of piperidine rings is 2. The van der Waals surface area contributed by atoms with Gasteiger partial charge in [0.05, 0.1) is 13.2 Å². The topological polar surface area (TPSA) is 45.2 Å². The molecule has 28 heavy (non-hydrogen) atoms. The van der Waals surface area contributed by atoms with Gasteiger partial charge in [0.2, 0.25) is 0 Å². The Labute approximate surface area is 169 Å². The molecule has 1 aromatic rings. The van der Waals surface area contributed by atoms with Crippen LogP contribution < -0.4 is 4.74 Å². The highest BCUT2D eigenvalue weighted by Crippen LogP contribution is 2.52. The van der Waals surface area contributed by atoms with Crippen molar-refractivity contribution in [2.75, 3.05) is 59.2 Å². The first-order valence-corrected chi connectivity index (χ1v) is 11.2. The first kappa shape index (κ1) is 20.1. The molecule has 1 saturated carbocycles. The van der Waals surface area contributed by atoms with Crippen LogP contribution in [0.15, 0.2) is 24.3 Å². The maximum atomic E-state index is 8.81. The van der Waals surface area contributed by atoms with Crippen molar-refractivity contribution in [3.05, 3.63) is 29.8 Å². The van der Waals surface area contributed by atoms with Gasteiger partial charge in [-0.05, 0) is 67.8 Å². The van der Waals surface area contributed by atoms with E-state index in [1.54, 1.807) is 0 Å². The maximum absolute atomic E-state index is 8.81. The number of fused-ring (bicyclic) bond motifs is 1. The summed E-state index contributed by atoms with van der Waals surface area (Å²) in [6.45, 7) is 9.58. The molecule has 3 aliphatic rings. The van der Waals surface area contributed by atoms with E-state index in [2.05, 4.69) is 21.9 Å².